The van der Waals surface area contributed by atoms with Gasteiger partial charge in [0, 0.05) is 18.4 Å². The minimum Gasteiger partial charge on any atom is -0.391 e. The first kappa shape index (κ1) is 12.3. The Labute approximate surface area is 121 Å². The van der Waals surface area contributed by atoms with Crippen LogP contribution in [-0.4, -0.2) is 40.6 Å². The van der Waals surface area contributed by atoms with Crippen LogP contribution in [-0.2, 0) is 4.79 Å². The molecule has 4 rings (SSSR count). The Hall–Kier alpha value is -2.40. The van der Waals surface area contributed by atoms with Gasteiger partial charge in [0.1, 0.15) is 6.04 Å². The summed E-state index contributed by atoms with van der Waals surface area (Å²) in [5, 5.41) is 11.5. The summed E-state index contributed by atoms with van der Waals surface area (Å²) in [6.07, 6.45) is -0.274. The van der Waals surface area contributed by atoms with Crippen LogP contribution in [0.15, 0.2) is 42.5 Å². The second kappa shape index (κ2) is 4.30. The maximum Gasteiger partial charge on any atom is 0.332 e. The van der Waals surface area contributed by atoms with E-state index in [1.807, 2.05) is 36.4 Å². The van der Waals surface area contributed by atoms with E-state index in [0.29, 0.717) is 12.1 Å². The summed E-state index contributed by atoms with van der Waals surface area (Å²) in [5.74, 6) is -0.243. The van der Waals surface area contributed by atoms with Gasteiger partial charge in [-0.1, -0.05) is 36.4 Å². The molecule has 2 saturated heterocycles. The predicted molar refractivity (Wildman–Crippen MR) is 77.9 cm³/mol. The zero-order valence-corrected chi connectivity index (χ0v) is 11.3. The fraction of sp³-hybridized carbons (Fsp3) is 0.250. The number of anilines is 1. The molecule has 2 aromatic rings. The third-order valence-corrected chi connectivity index (χ3v) is 4.23. The monoisotopic (exact) mass is 282 g/mol. The third kappa shape index (κ3) is 1.67. The molecule has 2 aromatic carbocycles. The first-order chi connectivity index (χ1) is 10.2. The molecule has 2 aliphatic heterocycles. The van der Waals surface area contributed by atoms with E-state index < -0.39 is 12.1 Å². The highest BCUT2D eigenvalue weighted by atomic mass is 16.3. The molecule has 0 aliphatic carbocycles. The number of rotatable bonds is 1. The zero-order chi connectivity index (χ0) is 14.6. The van der Waals surface area contributed by atoms with Gasteiger partial charge in [0.25, 0.3) is 5.91 Å². The molecular formula is C16H14N2O3. The maximum absolute atomic E-state index is 12.5. The van der Waals surface area contributed by atoms with E-state index in [-0.39, 0.29) is 18.5 Å². The lowest BCUT2D eigenvalue weighted by Gasteiger charge is -2.18. The van der Waals surface area contributed by atoms with E-state index in [9.17, 15) is 14.7 Å². The molecule has 2 aliphatic rings. The van der Waals surface area contributed by atoms with Crippen LogP contribution in [0.1, 0.15) is 6.42 Å². The van der Waals surface area contributed by atoms with Crippen molar-refractivity contribution in [2.24, 2.45) is 0 Å². The van der Waals surface area contributed by atoms with Gasteiger partial charge in [-0.05, 0) is 11.5 Å². The molecule has 2 heterocycles. The highest BCUT2D eigenvalue weighted by molar-refractivity contribution is 6.24. The fourth-order valence-corrected chi connectivity index (χ4v) is 3.26. The first-order valence-corrected chi connectivity index (χ1v) is 6.97. The van der Waals surface area contributed by atoms with Crippen LogP contribution in [0.4, 0.5) is 10.5 Å². The number of imide groups is 1. The molecule has 0 radical (unpaired) electrons. The summed E-state index contributed by atoms with van der Waals surface area (Å²) >= 11 is 0. The van der Waals surface area contributed by atoms with Crippen molar-refractivity contribution in [3.8, 4) is 0 Å². The minimum absolute atomic E-state index is 0.233. The number of aliphatic hydroxyl groups excluding tert-OH is 1. The summed E-state index contributed by atoms with van der Waals surface area (Å²) in [6, 6.07) is 12.4. The number of urea groups is 1. The van der Waals surface area contributed by atoms with Gasteiger partial charge in [-0.25, -0.2) is 9.69 Å². The molecule has 0 spiro atoms. The summed E-state index contributed by atoms with van der Waals surface area (Å²) in [5.41, 5.74) is 0.618. The van der Waals surface area contributed by atoms with E-state index >= 15 is 0 Å². The van der Waals surface area contributed by atoms with Crippen LogP contribution >= 0.6 is 0 Å². The summed E-state index contributed by atoms with van der Waals surface area (Å²) in [4.78, 5) is 27.8. The van der Waals surface area contributed by atoms with Gasteiger partial charge in [-0.2, -0.15) is 0 Å². The van der Waals surface area contributed by atoms with Crippen molar-refractivity contribution in [1.29, 1.82) is 0 Å². The van der Waals surface area contributed by atoms with Crippen molar-refractivity contribution >= 4 is 28.4 Å². The zero-order valence-electron chi connectivity index (χ0n) is 11.3. The molecule has 106 valence electrons. The Kier molecular flexibility index (Phi) is 2.53. The van der Waals surface area contributed by atoms with Gasteiger partial charge in [-0.3, -0.25) is 4.79 Å². The van der Waals surface area contributed by atoms with Gasteiger partial charge in [0.15, 0.2) is 0 Å². The molecule has 0 aromatic heterocycles. The Morgan fingerprint density at radius 3 is 2.62 bits per heavy atom. The lowest BCUT2D eigenvalue weighted by atomic mass is 10.1. The molecule has 5 heteroatoms. The number of hydrogen-bond acceptors (Lipinski definition) is 3. The van der Waals surface area contributed by atoms with E-state index in [1.165, 1.54) is 9.80 Å². The van der Waals surface area contributed by atoms with Crippen molar-refractivity contribution in [2.45, 2.75) is 18.6 Å². The maximum atomic E-state index is 12.5. The number of amides is 3. The molecule has 3 amide bonds. The molecule has 2 fully saturated rings. The van der Waals surface area contributed by atoms with Crippen LogP contribution in [0.5, 0.6) is 0 Å². The highest BCUT2D eigenvalue weighted by Crippen LogP contribution is 2.35. The second-order valence-electron chi connectivity index (χ2n) is 5.51. The van der Waals surface area contributed by atoms with Gasteiger partial charge in [-0.15, -0.1) is 0 Å². The highest BCUT2D eigenvalue weighted by Gasteiger charge is 2.50. The average molecular weight is 282 g/mol. The Balaban J connectivity index is 1.83. The number of aliphatic hydroxyl groups is 1. The van der Waals surface area contributed by atoms with E-state index in [2.05, 4.69) is 0 Å². The van der Waals surface area contributed by atoms with E-state index in [0.717, 1.165) is 10.8 Å². The minimum atomic E-state index is -0.599. The summed E-state index contributed by atoms with van der Waals surface area (Å²) in [6.45, 7) is 0.233. The van der Waals surface area contributed by atoms with E-state index in [4.69, 9.17) is 0 Å². The van der Waals surface area contributed by atoms with Crippen molar-refractivity contribution in [3.05, 3.63) is 42.5 Å². The third-order valence-electron chi connectivity index (χ3n) is 4.23. The number of fused-ring (bicyclic) bond motifs is 2. The van der Waals surface area contributed by atoms with Crippen LogP contribution in [0, 0.1) is 0 Å². The smallest absolute Gasteiger partial charge is 0.332 e. The Morgan fingerprint density at radius 1 is 1.05 bits per heavy atom. The number of hydrogen-bond donors (Lipinski definition) is 1. The normalized spacial score (nSPS) is 25.0. The van der Waals surface area contributed by atoms with Gasteiger partial charge in [0.05, 0.1) is 11.8 Å². The molecular weight excluding hydrogens is 268 g/mol. The molecule has 1 N–H and O–H groups in total. The van der Waals surface area contributed by atoms with Crippen molar-refractivity contribution in [2.75, 3.05) is 11.4 Å². The molecule has 2 atom stereocenters. The van der Waals surface area contributed by atoms with Crippen LogP contribution in [0.2, 0.25) is 0 Å². The van der Waals surface area contributed by atoms with Gasteiger partial charge < -0.3 is 10.0 Å². The topological polar surface area (TPSA) is 60.9 Å². The van der Waals surface area contributed by atoms with Crippen molar-refractivity contribution < 1.29 is 14.7 Å². The standard InChI is InChI=1S/C16H14N2O3/c19-11-8-14-15(20)18(16(21)17(14)9-11)13-7-3-5-10-4-1-2-6-12(10)13/h1-7,11,14,19H,8-9H2/t11-,14?/m1/s1. The average Bonchev–Trinajstić information content (AvgIpc) is 2.98. The van der Waals surface area contributed by atoms with Crippen LogP contribution in [0.25, 0.3) is 10.8 Å². The number of carbonyl (C=O) groups is 2. The van der Waals surface area contributed by atoms with E-state index in [1.54, 1.807) is 6.07 Å². The molecule has 5 nitrogen and oxygen atoms in total. The SMILES string of the molecule is O=C1C2C[C@@H](O)CN2C(=O)N1c1cccc2ccccc12. The number of benzene rings is 2. The molecule has 1 unspecified atom stereocenters. The predicted octanol–water partition coefficient (Wildman–Crippen LogP) is 1.74. The quantitative estimate of drug-likeness (QED) is 0.810. The summed E-state index contributed by atoms with van der Waals surface area (Å²) in [7, 11) is 0. The fourth-order valence-electron chi connectivity index (χ4n) is 3.26. The number of nitrogens with zero attached hydrogens (tertiary/aromatic N) is 2. The van der Waals surface area contributed by atoms with Crippen molar-refractivity contribution in [3.63, 3.8) is 0 Å². The Morgan fingerprint density at radius 2 is 1.81 bits per heavy atom. The first-order valence-electron chi connectivity index (χ1n) is 6.97. The van der Waals surface area contributed by atoms with Crippen LogP contribution in [0.3, 0.4) is 0 Å². The second-order valence-corrected chi connectivity index (χ2v) is 5.51. The summed E-state index contributed by atoms with van der Waals surface area (Å²) < 4.78 is 0. The van der Waals surface area contributed by atoms with Gasteiger partial charge in [0.2, 0.25) is 0 Å². The van der Waals surface area contributed by atoms with Crippen molar-refractivity contribution in [1.82, 2.24) is 4.90 Å². The van der Waals surface area contributed by atoms with Crippen LogP contribution < -0.4 is 4.90 Å². The lowest BCUT2D eigenvalue weighted by molar-refractivity contribution is -0.119. The molecule has 0 saturated carbocycles. The Bertz CT molecular complexity index is 729. The lowest BCUT2D eigenvalue weighted by Crippen LogP contribution is -2.35. The molecule has 0 bridgehead atoms. The number of carbonyl (C=O) groups excluding carboxylic acids is 2. The largest absolute Gasteiger partial charge is 0.391 e. The molecule has 21 heavy (non-hydrogen) atoms. The van der Waals surface area contributed by atoms with Gasteiger partial charge >= 0.3 is 6.03 Å².